The van der Waals surface area contributed by atoms with E-state index in [2.05, 4.69) is 17.4 Å². The Bertz CT molecular complexity index is 499. The van der Waals surface area contributed by atoms with Gasteiger partial charge in [0.1, 0.15) is 0 Å². The minimum absolute atomic E-state index is 0.00457. The fourth-order valence-electron chi connectivity index (χ4n) is 2.24. The molecule has 0 bridgehead atoms. The third-order valence-corrected chi connectivity index (χ3v) is 3.43. The fraction of sp³-hybridized carbons (Fsp3) is 0.429. The average Bonchev–Trinajstić information content (AvgIpc) is 3.16. The predicted octanol–water partition coefficient (Wildman–Crippen LogP) is 1.70. The summed E-state index contributed by atoms with van der Waals surface area (Å²) in [7, 11) is 0. The summed E-state index contributed by atoms with van der Waals surface area (Å²) in [6.45, 7) is 2.15. The molecule has 5 heteroatoms. The van der Waals surface area contributed by atoms with Crippen LogP contribution >= 0.6 is 0 Å². The first kappa shape index (κ1) is 13.4. The first-order chi connectivity index (χ1) is 9.15. The van der Waals surface area contributed by atoms with Crippen LogP contribution in [0.2, 0.25) is 0 Å². The highest BCUT2D eigenvalue weighted by molar-refractivity contribution is 6.01. The van der Waals surface area contributed by atoms with E-state index in [1.54, 1.807) is 24.3 Å². The highest BCUT2D eigenvalue weighted by Crippen LogP contribution is 2.34. The van der Waals surface area contributed by atoms with Crippen LogP contribution in [0, 0.1) is 5.92 Å². The molecule has 1 aliphatic carbocycles. The molecule has 1 aliphatic rings. The highest BCUT2D eigenvalue weighted by Gasteiger charge is 2.37. The van der Waals surface area contributed by atoms with Crippen molar-refractivity contribution < 1.29 is 10.0 Å². The molecule has 1 amide bonds. The molecule has 1 saturated carbocycles. The van der Waals surface area contributed by atoms with Crippen molar-refractivity contribution in [3.8, 4) is 0 Å². The molecule has 2 rings (SSSR count). The van der Waals surface area contributed by atoms with E-state index in [9.17, 15) is 4.79 Å². The van der Waals surface area contributed by atoms with E-state index >= 15 is 0 Å². The first-order valence-electron chi connectivity index (χ1n) is 6.54. The standard InChI is InChI=1S/C14H19N3O2/c1-2-4-9-8-12(9)16-14(18)11-6-3-5-10(7-11)13(15)17-19/h3,5-7,9,12,19H,2,4,8H2,1H3,(H2,15,17)(H,16,18). The molecule has 0 heterocycles. The van der Waals surface area contributed by atoms with Crippen molar-refractivity contribution in [3.05, 3.63) is 35.4 Å². The van der Waals surface area contributed by atoms with Crippen LogP contribution in [-0.2, 0) is 0 Å². The zero-order valence-electron chi connectivity index (χ0n) is 11.0. The van der Waals surface area contributed by atoms with Gasteiger partial charge in [-0.2, -0.15) is 0 Å². The Morgan fingerprint density at radius 3 is 2.95 bits per heavy atom. The van der Waals surface area contributed by atoms with E-state index in [0.717, 1.165) is 19.3 Å². The zero-order valence-corrected chi connectivity index (χ0v) is 11.0. The first-order valence-corrected chi connectivity index (χ1v) is 6.54. The van der Waals surface area contributed by atoms with Crippen molar-refractivity contribution in [2.24, 2.45) is 16.8 Å². The van der Waals surface area contributed by atoms with Crippen molar-refractivity contribution in [3.63, 3.8) is 0 Å². The van der Waals surface area contributed by atoms with E-state index in [-0.39, 0.29) is 11.7 Å². The molecule has 102 valence electrons. The maximum Gasteiger partial charge on any atom is 0.251 e. The van der Waals surface area contributed by atoms with Gasteiger partial charge in [-0.15, -0.1) is 0 Å². The molecule has 0 aliphatic heterocycles. The Labute approximate surface area is 112 Å². The van der Waals surface area contributed by atoms with Crippen LogP contribution in [0.3, 0.4) is 0 Å². The second-order valence-electron chi connectivity index (χ2n) is 4.93. The van der Waals surface area contributed by atoms with Crippen LogP contribution < -0.4 is 11.1 Å². The molecular formula is C14H19N3O2. The molecule has 1 aromatic rings. The zero-order chi connectivity index (χ0) is 13.8. The molecule has 0 spiro atoms. The summed E-state index contributed by atoms with van der Waals surface area (Å²) in [5.74, 6) is 0.530. The van der Waals surface area contributed by atoms with Crippen LogP contribution in [0.1, 0.15) is 42.1 Å². The molecular weight excluding hydrogens is 242 g/mol. The second kappa shape index (κ2) is 5.73. The second-order valence-corrected chi connectivity index (χ2v) is 4.93. The Hall–Kier alpha value is -2.04. The SMILES string of the molecule is CCCC1CC1NC(=O)c1cccc(/C(N)=N/O)c1. The van der Waals surface area contributed by atoms with Crippen LogP contribution in [0.15, 0.2) is 29.4 Å². The molecule has 19 heavy (non-hydrogen) atoms. The Balaban J connectivity index is 2.00. The fourth-order valence-corrected chi connectivity index (χ4v) is 2.24. The van der Waals surface area contributed by atoms with Crippen molar-refractivity contribution in [2.45, 2.75) is 32.2 Å². The van der Waals surface area contributed by atoms with Crippen LogP contribution in [0.5, 0.6) is 0 Å². The van der Waals surface area contributed by atoms with Crippen LogP contribution in [0.4, 0.5) is 0 Å². The van der Waals surface area contributed by atoms with E-state index < -0.39 is 0 Å². The Kier molecular flexibility index (Phi) is 4.04. The summed E-state index contributed by atoms with van der Waals surface area (Å²) in [6, 6.07) is 7.07. The Morgan fingerprint density at radius 2 is 2.26 bits per heavy atom. The lowest BCUT2D eigenvalue weighted by molar-refractivity contribution is 0.0949. The number of amides is 1. The monoisotopic (exact) mass is 261 g/mol. The summed E-state index contributed by atoms with van der Waals surface area (Å²) in [5.41, 5.74) is 6.58. The topological polar surface area (TPSA) is 87.7 Å². The lowest BCUT2D eigenvalue weighted by atomic mass is 10.1. The molecule has 0 radical (unpaired) electrons. The molecule has 0 aromatic heterocycles. The number of nitrogens with one attached hydrogen (secondary N) is 1. The van der Waals surface area contributed by atoms with Gasteiger partial charge in [0.2, 0.25) is 0 Å². The van der Waals surface area contributed by atoms with Gasteiger partial charge in [-0.25, -0.2) is 0 Å². The maximum absolute atomic E-state index is 12.1. The number of benzene rings is 1. The van der Waals surface area contributed by atoms with E-state index in [1.165, 1.54) is 0 Å². The number of nitrogens with zero attached hydrogens (tertiary/aromatic N) is 1. The smallest absolute Gasteiger partial charge is 0.251 e. The van der Waals surface area contributed by atoms with Gasteiger partial charge in [-0.3, -0.25) is 4.79 Å². The van der Waals surface area contributed by atoms with E-state index in [4.69, 9.17) is 10.9 Å². The van der Waals surface area contributed by atoms with Crippen molar-refractivity contribution in [1.82, 2.24) is 5.32 Å². The molecule has 0 saturated heterocycles. The van der Waals surface area contributed by atoms with Gasteiger partial charge in [0.15, 0.2) is 5.84 Å². The average molecular weight is 261 g/mol. The number of hydrogen-bond donors (Lipinski definition) is 3. The number of carbonyl (C=O) groups excluding carboxylic acids is 1. The number of carbonyl (C=O) groups is 1. The summed E-state index contributed by atoms with van der Waals surface area (Å²) in [4.78, 5) is 12.1. The summed E-state index contributed by atoms with van der Waals surface area (Å²) in [5, 5.41) is 14.6. The van der Waals surface area contributed by atoms with Crippen LogP contribution in [0.25, 0.3) is 0 Å². The molecule has 1 aromatic carbocycles. The van der Waals surface area contributed by atoms with Gasteiger partial charge in [-0.1, -0.05) is 30.6 Å². The normalized spacial score (nSPS) is 22.1. The number of amidine groups is 1. The summed E-state index contributed by atoms with van der Waals surface area (Å²) in [6.07, 6.45) is 3.38. The largest absolute Gasteiger partial charge is 0.409 e. The minimum Gasteiger partial charge on any atom is -0.409 e. The van der Waals surface area contributed by atoms with Gasteiger partial charge in [0.25, 0.3) is 5.91 Å². The molecule has 1 fully saturated rings. The van der Waals surface area contributed by atoms with Gasteiger partial charge in [0.05, 0.1) is 0 Å². The number of rotatable bonds is 5. The van der Waals surface area contributed by atoms with E-state index in [1.807, 2.05) is 0 Å². The third-order valence-electron chi connectivity index (χ3n) is 3.43. The van der Waals surface area contributed by atoms with Crippen LogP contribution in [-0.4, -0.2) is 23.0 Å². The van der Waals surface area contributed by atoms with Crippen molar-refractivity contribution in [1.29, 1.82) is 0 Å². The summed E-state index contributed by atoms with van der Waals surface area (Å²) < 4.78 is 0. The predicted molar refractivity (Wildman–Crippen MR) is 73.2 cm³/mol. The molecule has 2 unspecified atom stereocenters. The number of hydrogen-bond acceptors (Lipinski definition) is 3. The van der Waals surface area contributed by atoms with E-state index in [0.29, 0.717) is 23.1 Å². The highest BCUT2D eigenvalue weighted by atomic mass is 16.4. The lowest BCUT2D eigenvalue weighted by Crippen LogP contribution is -2.27. The third kappa shape index (κ3) is 3.24. The number of oxime groups is 1. The minimum atomic E-state index is -0.101. The van der Waals surface area contributed by atoms with Crippen molar-refractivity contribution >= 4 is 11.7 Å². The Morgan fingerprint density at radius 1 is 1.53 bits per heavy atom. The number of nitrogens with two attached hydrogens (primary N) is 1. The quantitative estimate of drug-likeness (QED) is 0.326. The molecule has 5 nitrogen and oxygen atoms in total. The van der Waals surface area contributed by atoms with Gasteiger partial charge < -0.3 is 16.3 Å². The van der Waals surface area contributed by atoms with Gasteiger partial charge in [0, 0.05) is 17.2 Å². The van der Waals surface area contributed by atoms with Gasteiger partial charge >= 0.3 is 0 Å². The van der Waals surface area contributed by atoms with Gasteiger partial charge in [-0.05, 0) is 30.9 Å². The lowest BCUT2D eigenvalue weighted by Gasteiger charge is -2.06. The molecule has 4 N–H and O–H groups in total. The maximum atomic E-state index is 12.1. The molecule has 2 atom stereocenters. The summed E-state index contributed by atoms with van der Waals surface area (Å²) >= 11 is 0. The van der Waals surface area contributed by atoms with Crippen molar-refractivity contribution in [2.75, 3.05) is 0 Å².